The first-order valence-electron chi connectivity index (χ1n) is 10.1. The van der Waals surface area contributed by atoms with Gasteiger partial charge in [0.2, 0.25) is 15.9 Å². The Balaban J connectivity index is 1.52. The van der Waals surface area contributed by atoms with Gasteiger partial charge in [-0.1, -0.05) is 29.8 Å². The molecule has 1 aliphatic heterocycles. The van der Waals surface area contributed by atoms with Crippen molar-refractivity contribution in [2.45, 2.75) is 25.1 Å². The molecule has 0 aromatic heterocycles. The molecule has 0 aliphatic carbocycles. The fourth-order valence-electron chi connectivity index (χ4n) is 3.59. The van der Waals surface area contributed by atoms with Gasteiger partial charge < -0.3 is 10.2 Å². The third kappa shape index (κ3) is 5.96. The number of nitrogens with zero attached hydrogens (tertiary/aromatic N) is 2. The van der Waals surface area contributed by atoms with Gasteiger partial charge in [-0.3, -0.25) is 4.79 Å². The minimum Gasteiger partial charge on any atom is -0.378 e. The van der Waals surface area contributed by atoms with E-state index in [0.717, 1.165) is 11.3 Å². The minimum atomic E-state index is -3.72. The average molecular weight is 468 g/mol. The van der Waals surface area contributed by atoms with E-state index in [0.29, 0.717) is 19.4 Å². The first-order valence-corrected chi connectivity index (χ1v) is 12.1. The number of piperidine rings is 1. The van der Waals surface area contributed by atoms with E-state index in [4.69, 9.17) is 11.6 Å². The van der Waals surface area contributed by atoms with Crippen LogP contribution in [0.1, 0.15) is 24.0 Å². The number of sulfonamides is 1. The molecule has 0 saturated carbocycles. The van der Waals surface area contributed by atoms with Gasteiger partial charge >= 0.3 is 0 Å². The van der Waals surface area contributed by atoms with Crippen molar-refractivity contribution in [1.29, 1.82) is 0 Å². The van der Waals surface area contributed by atoms with Crippen LogP contribution in [0.3, 0.4) is 0 Å². The molecule has 2 aromatic carbocycles. The Kier molecular flexibility index (Phi) is 7.56. The summed E-state index contributed by atoms with van der Waals surface area (Å²) in [5.74, 6) is -1.45. The minimum absolute atomic E-state index is 0.0238. The second-order valence-corrected chi connectivity index (χ2v) is 10.3. The molecule has 1 amide bonds. The highest BCUT2D eigenvalue weighted by atomic mass is 35.5. The first kappa shape index (κ1) is 23.5. The van der Waals surface area contributed by atoms with Crippen molar-refractivity contribution in [2.75, 3.05) is 32.1 Å². The summed E-state index contributed by atoms with van der Waals surface area (Å²) in [4.78, 5) is 14.5. The van der Waals surface area contributed by atoms with Crippen LogP contribution < -0.4 is 10.2 Å². The van der Waals surface area contributed by atoms with Crippen LogP contribution in [0.15, 0.2) is 42.5 Å². The van der Waals surface area contributed by atoms with E-state index in [1.807, 2.05) is 43.3 Å². The number of anilines is 1. The highest BCUT2D eigenvalue weighted by molar-refractivity contribution is 7.88. The molecule has 1 saturated heterocycles. The van der Waals surface area contributed by atoms with E-state index < -0.39 is 21.6 Å². The number of rotatable bonds is 7. The molecule has 0 radical (unpaired) electrons. The fraction of sp³-hybridized carbons (Fsp3) is 0.409. The van der Waals surface area contributed by atoms with Crippen LogP contribution >= 0.6 is 11.6 Å². The highest BCUT2D eigenvalue weighted by Gasteiger charge is 2.32. The quantitative estimate of drug-likeness (QED) is 0.677. The molecule has 6 nitrogen and oxygen atoms in total. The fourth-order valence-corrected chi connectivity index (χ4v) is 5.50. The zero-order valence-corrected chi connectivity index (χ0v) is 19.2. The molecule has 31 heavy (non-hydrogen) atoms. The van der Waals surface area contributed by atoms with Crippen molar-refractivity contribution < 1.29 is 17.6 Å². The van der Waals surface area contributed by atoms with Crippen LogP contribution in [0.5, 0.6) is 0 Å². The van der Waals surface area contributed by atoms with Crippen molar-refractivity contribution in [3.05, 3.63) is 64.4 Å². The van der Waals surface area contributed by atoms with E-state index in [2.05, 4.69) is 5.32 Å². The van der Waals surface area contributed by atoms with Gasteiger partial charge in [-0.2, -0.15) is 0 Å². The summed E-state index contributed by atoms with van der Waals surface area (Å²) in [6.07, 6.45) is 0.852. The van der Waals surface area contributed by atoms with Gasteiger partial charge in [0.05, 0.1) is 5.75 Å². The van der Waals surface area contributed by atoms with Gasteiger partial charge in [-0.15, -0.1) is 0 Å². The summed E-state index contributed by atoms with van der Waals surface area (Å²) in [5, 5.41) is 3.03. The number of hydrogen-bond donors (Lipinski definition) is 1. The smallest absolute Gasteiger partial charge is 0.223 e. The normalized spacial score (nSPS) is 15.6. The summed E-state index contributed by atoms with van der Waals surface area (Å²) in [5.41, 5.74) is 2.06. The Labute approximate surface area is 188 Å². The van der Waals surface area contributed by atoms with E-state index >= 15 is 0 Å². The van der Waals surface area contributed by atoms with E-state index in [9.17, 15) is 17.6 Å². The molecule has 0 spiro atoms. The SMILES string of the molecule is CN(C)c1ccc(CNC(=O)C2CCN(S(=O)(=O)Cc3c(F)cccc3Cl)CC2)cc1. The first-order chi connectivity index (χ1) is 14.7. The Morgan fingerprint density at radius 3 is 2.39 bits per heavy atom. The molecule has 1 aliphatic rings. The Morgan fingerprint density at radius 1 is 1.16 bits per heavy atom. The van der Waals surface area contributed by atoms with Crippen molar-refractivity contribution in [1.82, 2.24) is 9.62 Å². The topological polar surface area (TPSA) is 69.7 Å². The predicted molar refractivity (Wildman–Crippen MR) is 121 cm³/mol. The molecule has 1 N–H and O–H groups in total. The molecule has 0 bridgehead atoms. The van der Waals surface area contributed by atoms with Crippen LogP contribution in [-0.4, -0.2) is 45.8 Å². The Morgan fingerprint density at radius 2 is 1.81 bits per heavy atom. The van der Waals surface area contributed by atoms with Gasteiger partial charge in [0.25, 0.3) is 0 Å². The number of carbonyl (C=O) groups excluding carboxylic acids is 1. The van der Waals surface area contributed by atoms with Crippen molar-refractivity contribution in [3.63, 3.8) is 0 Å². The third-order valence-corrected chi connectivity index (χ3v) is 7.69. The number of halogens is 2. The molecule has 168 valence electrons. The van der Waals surface area contributed by atoms with Crippen molar-refractivity contribution in [2.24, 2.45) is 5.92 Å². The van der Waals surface area contributed by atoms with E-state index in [-0.39, 0.29) is 35.5 Å². The largest absolute Gasteiger partial charge is 0.378 e. The van der Waals surface area contributed by atoms with Gasteiger partial charge in [-0.25, -0.2) is 17.1 Å². The lowest BCUT2D eigenvalue weighted by atomic mass is 9.97. The van der Waals surface area contributed by atoms with Gasteiger partial charge in [0.1, 0.15) is 5.82 Å². The number of benzene rings is 2. The van der Waals surface area contributed by atoms with Gasteiger partial charge in [-0.05, 0) is 42.7 Å². The Hall–Kier alpha value is -2.16. The summed E-state index contributed by atoms with van der Waals surface area (Å²) in [6.45, 7) is 0.880. The third-order valence-electron chi connectivity index (χ3n) is 5.53. The number of nitrogens with one attached hydrogen (secondary N) is 1. The summed E-state index contributed by atoms with van der Waals surface area (Å²) >= 11 is 5.97. The number of hydrogen-bond acceptors (Lipinski definition) is 4. The van der Waals surface area contributed by atoms with E-state index in [1.165, 1.54) is 22.5 Å². The molecule has 0 atom stereocenters. The maximum absolute atomic E-state index is 14.0. The zero-order valence-electron chi connectivity index (χ0n) is 17.6. The molecule has 1 heterocycles. The van der Waals surface area contributed by atoms with Crippen molar-refractivity contribution >= 4 is 33.2 Å². The van der Waals surface area contributed by atoms with Gasteiger partial charge in [0.15, 0.2) is 0 Å². The summed E-state index contributed by atoms with van der Waals surface area (Å²) in [7, 11) is 0.209. The number of carbonyl (C=O) groups is 1. The second-order valence-electron chi connectivity index (χ2n) is 7.91. The standard InChI is InChI=1S/C22H27ClFN3O3S/c1-26(2)18-8-6-16(7-9-18)14-25-22(28)17-10-12-27(13-11-17)31(29,30)15-19-20(23)4-3-5-21(19)24/h3-9,17H,10-15H2,1-2H3,(H,25,28). The molecule has 9 heteroatoms. The summed E-state index contributed by atoms with van der Waals surface area (Å²) < 4.78 is 40.7. The number of amides is 1. The Bertz CT molecular complexity index is 1000. The van der Waals surface area contributed by atoms with Crippen LogP contribution in [0.25, 0.3) is 0 Å². The molecule has 1 fully saturated rings. The van der Waals surface area contributed by atoms with Crippen LogP contribution in [0.4, 0.5) is 10.1 Å². The average Bonchev–Trinajstić information content (AvgIpc) is 2.75. The van der Waals surface area contributed by atoms with E-state index in [1.54, 1.807) is 0 Å². The molecule has 3 rings (SSSR count). The predicted octanol–water partition coefficient (Wildman–Crippen LogP) is 3.40. The van der Waals surface area contributed by atoms with Crippen LogP contribution in [0.2, 0.25) is 5.02 Å². The lowest BCUT2D eigenvalue weighted by molar-refractivity contribution is -0.126. The summed E-state index contributed by atoms with van der Waals surface area (Å²) in [6, 6.07) is 12.0. The molecule has 0 unspecified atom stereocenters. The monoisotopic (exact) mass is 467 g/mol. The van der Waals surface area contributed by atoms with Crippen LogP contribution in [-0.2, 0) is 27.1 Å². The van der Waals surface area contributed by atoms with Gasteiger partial charge in [0, 0.05) is 55.9 Å². The molecular weight excluding hydrogens is 441 g/mol. The zero-order chi connectivity index (χ0) is 22.6. The maximum Gasteiger partial charge on any atom is 0.223 e. The van der Waals surface area contributed by atoms with Crippen LogP contribution in [0, 0.1) is 11.7 Å². The lowest BCUT2D eigenvalue weighted by Gasteiger charge is -2.30. The maximum atomic E-state index is 14.0. The highest BCUT2D eigenvalue weighted by Crippen LogP contribution is 2.26. The molecule has 2 aromatic rings. The lowest BCUT2D eigenvalue weighted by Crippen LogP contribution is -2.43. The molecular formula is C22H27ClFN3O3S. The van der Waals surface area contributed by atoms with Crippen molar-refractivity contribution in [3.8, 4) is 0 Å². The second kappa shape index (κ2) is 9.97.